The predicted octanol–water partition coefficient (Wildman–Crippen LogP) is -4.63. The van der Waals surface area contributed by atoms with Gasteiger partial charge in [0.2, 0.25) is 0 Å². The molecule has 48 valence electrons. The number of aromatic amines is 2. The topological polar surface area (TPSA) is 36.5 Å². The number of aromatic nitrogens is 3. The van der Waals surface area contributed by atoms with Crippen LogP contribution in [0.5, 0.6) is 0 Å². The Morgan fingerprint density at radius 2 is 1.90 bits per heavy atom. The van der Waals surface area contributed by atoms with E-state index in [2.05, 4.69) is 10.1 Å². The smallest absolute Gasteiger partial charge is 1.00 e. The van der Waals surface area contributed by atoms with Gasteiger partial charge in [-0.1, -0.05) is 0 Å². The van der Waals surface area contributed by atoms with Crippen molar-refractivity contribution in [2.75, 3.05) is 0 Å². The standard InChI is InChI=1S/C3H5N3S2.2Na.2H/c1-6-3(8)4-2(7)5-6;;;;/h1H3,(H2,4,5,7,8);;;;/q;2*+1;2*-1. The van der Waals surface area contributed by atoms with Gasteiger partial charge in [0.1, 0.15) is 0 Å². The van der Waals surface area contributed by atoms with E-state index in [-0.39, 0.29) is 62.0 Å². The number of rotatable bonds is 0. The number of hydrogen-bond donors (Lipinski definition) is 2. The SMILES string of the molecule is Cn1[nH]c(=S)[nH]c1=S.[H-].[H-].[Na+].[Na+]. The van der Waals surface area contributed by atoms with Gasteiger partial charge in [-0.15, -0.1) is 0 Å². The molecule has 0 aliphatic carbocycles. The van der Waals surface area contributed by atoms with E-state index >= 15 is 0 Å². The quantitative estimate of drug-likeness (QED) is 0.323. The molecule has 0 spiro atoms. The molecule has 0 fully saturated rings. The first-order valence-corrected chi connectivity index (χ1v) is 2.87. The molecule has 0 unspecified atom stereocenters. The molecule has 0 saturated heterocycles. The fourth-order valence-corrected chi connectivity index (χ4v) is 0.858. The Labute approximate surface area is 116 Å². The van der Waals surface area contributed by atoms with E-state index in [0.717, 1.165) is 0 Å². The summed E-state index contributed by atoms with van der Waals surface area (Å²) < 4.78 is 2.84. The van der Waals surface area contributed by atoms with Gasteiger partial charge in [0.25, 0.3) is 0 Å². The first-order valence-electron chi connectivity index (χ1n) is 2.05. The summed E-state index contributed by atoms with van der Waals surface area (Å²) >= 11 is 9.51. The van der Waals surface area contributed by atoms with Crippen LogP contribution in [-0.2, 0) is 7.05 Å². The Morgan fingerprint density at radius 1 is 1.40 bits per heavy atom. The monoisotopic (exact) mass is 195 g/mol. The van der Waals surface area contributed by atoms with Crippen LogP contribution in [0.2, 0.25) is 0 Å². The summed E-state index contributed by atoms with van der Waals surface area (Å²) in [5.74, 6) is 0. The molecule has 0 aromatic carbocycles. The molecule has 1 aromatic rings. The van der Waals surface area contributed by atoms with Crippen LogP contribution >= 0.6 is 24.4 Å². The second kappa shape index (κ2) is 6.14. The molecule has 0 atom stereocenters. The molecule has 0 aliphatic rings. The Hall–Kier alpha value is 1.58. The molecule has 0 saturated carbocycles. The third kappa shape index (κ3) is 3.82. The molecule has 0 aliphatic heterocycles. The molecule has 0 radical (unpaired) electrons. The van der Waals surface area contributed by atoms with Gasteiger partial charge in [-0.3, -0.25) is 9.78 Å². The zero-order valence-corrected chi connectivity index (χ0v) is 11.9. The Bertz CT molecular complexity index is 292. The predicted molar refractivity (Wildman–Crippen MR) is 38.0 cm³/mol. The number of H-pyrrole nitrogens is 2. The Morgan fingerprint density at radius 3 is 2.00 bits per heavy atom. The van der Waals surface area contributed by atoms with Crippen molar-refractivity contribution in [2.45, 2.75) is 0 Å². The van der Waals surface area contributed by atoms with Crippen LogP contribution in [0.1, 0.15) is 2.85 Å². The normalized spacial score (nSPS) is 7.70. The van der Waals surface area contributed by atoms with Crippen LogP contribution in [0, 0.1) is 9.54 Å². The van der Waals surface area contributed by atoms with Crippen molar-refractivity contribution < 1.29 is 62.0 Å². The van der Waals surface area contributed by atoms with Crippen LogP contribution < -0.4 is 59.1 Å². The number of hydrogen-bond acceptors (Lipinski definition) is 2. The van der Waals surface area contributed by atoms with Gasteiger partial charge in [0, 0.05) is 7.05 Å². The van der Waals surface area contributed by atoms with Crippen LogP contribution in [0.3, 0.4) is 0 Å². The van der Waals surface area contributed by atoms with Crippen LogP contribution in [0.15, 0.2) is 0 Å². The van der Waals surface area contributed by atoms with Gasteiger partial charge in [-0.05, 0) is 24.4 Å². The van der Waals surface area contributed by atoms with Gasteiger partial charge in [-0.25, -0.2) is 0 Å². The third-order valence-corrected chi connectivity index (χ3v) is 1.36. The molecule has 1 rings (SSSR count). The first-order chi connectivity index (χ1) is 3.70. The van der Waals surface area contributed by atoms with E-state index in [0.29, 0.717) is 9.54 Å². The van der Waals surface area contributed by atoms with Crippen molar-refractivity contribution in [1.82, 2.24) is 14.8 Å². The van der Waals surface area contributed by atoms with E-state index in [1.807, 2.05) is 0 Å². The molecular weight excluding hydrogens is 188 g/mol. The van der Waals surface area contributed by atoms with Crippen molar-refractivity contribution in [2.24, 2.45) is 7.05 Å². The van der Waals surface area contributed by atoms with E-state index in [1.165, 1.54) is 0 Å². The average Bonchev–Trinajstić information content (AvgIpc) is 1.85. The molecule has 3 nitrogen and oxygen atoms in total. The average molecular weight is 195 g/mol. The van der Waals surface area contributed by atoms with E-state index in [4.69, 9.17) is 24.4 Å². The Kier molecular flexibility index (Phi) is 8.67. The van der Waals surface area contributed by atoms with Gasteiger partial charge < -0.3 is 7.84 Å². The summed E-state index contributed by atoms with van der Waals surface area (Å²) in [7, 11) is 1.80. The summed E-state index contributed by atoms with van der Waals surface area (Å²) in [5, 5.41) is 2.78. The molecule has 10 heavy (non-hydrogen) atoms. The molecule has 1 aromatic heterocycles. The second-order valence-electron chi connectivity index (χ2n) is 1.43. The van der Waals surface area contributed by atoms with Gasteiger partial charge in [-0.2, -0.15) is 0 Å². The van der Waals surface area contributed by atoms with Crippen molar-refractivity contribution in [3.63, 3.8) is 0 Å². The minimum atomic E-state index is 0. The number of nitrogens with one attached hydrogen (secondary N) is 2. The molecule has 7 heteroatoms. The maximum absolute atomic E-state index is 4.78. The van der Waals surface area contributed by atoms with Crippen LogP contribution in [0.25, 0.3) is 0 Å². The summed E-state index contributed by atoms with van der Waals surface area (Å²) in [5.41, 5.74) is 0. The maximum Gasteiger partial charge on any atom is 1.00 e. The molecule has 0 bridgehead atoms. The third-order valence-electron chi connectivity index (χ3n) is 0.794. The largest absolute Gasteiger partial charge is 1.00 e. The van der Waals surface area contributed by atoms with Gasteiger partial charge >= 0.3 is 59.1 Å². The van der Waals surface area contributed by atoms with Crippen molar-refractivity contribution >= 4 is 24.4 Å². The fraction of sp³-hybridized carbons (Fsp3) is 0.333. The summed E-state index contributed by atoms with van der Waals surface area (Å²) in [6.07, 6.45) is 0. The molecule has 1 heterocycles. The van der Waals surface area contributed by atoms with Crippen molar-refractivity contribution in [3.05, 3.63) is 9.54 Å². The van der Waals surface area contributed by atoms with E-state index < -0.39 is 0 Å². The maximum atomic E-state index is 4.78. The van der Waals surface area contributed by atoms with Gasteiger partial charge in [0.15, 0.2) is 9.54 Å². The fourth-order valence-electron chi connectivity index (χ4n) is 0.412. The zero-order chi connectivity index (χ0) is 6.15. The Balaban J connectivity index is -0.0000000800. The molecule has 2 N–H and O–H groups in total. The van der Waals surface area contributed by atoms with E-state index in [1.54, 1.807) is 11.7 Å². The second-order valence-corrected chi connectivity index (χ2v) is 2.23. The minimum absolute atomic E-state index is 0. The molecular formula is C3H7N3Na2S2. The van der Waals surface area contributed by atoms with E-state index in [9.17, 15) is 0 Å². The summed E-state index contributed by atoms with van der Waals surface area (Å²) in [6, 6.07) is 0. The zero-order valence-electron chi connectivity index (χ0n) is 8.26. The first kappa shape index (κ1) is 14.1. The summed E-state index contributed by atoms with van der Waals surface area (Å²) in [4.78, 5) is 2.74. The number of aryl methyl sites for hydroxylation is 1. The van der Waals surface area contributed by atoms with Crippen molar-refractivity contribution in [1.29, 1.82) is 0 Å². The minimum Gasteiger partial charge on any atom is -1.00 e. The van der Waals surface area contributed by atoms with Crippen LogP contribution in [0.4, 0.5) is 0 Å². The van der Waals surface area contributed by atoms with Crippen molar-refractivity contribution in [3.8, 4) is 0 Å². The number of nitrogens with zero attached hydrogens (tertiary/aromatic N) is 1. The summed E-state index contributed by atoms with van der Waals surface area (Å²) in [6.45, 7) is 0. The molecule has 0 amide bonds. The van der Waals surface area contributed by atoms with Gasteiger partial charge in [0.05, 0.1) is 0 Å². The van der Waals surface area contributed by atoms with Crippen LogP contribution in [-0.4, -0.2) is 14.8 Å².